The third-order valence-corrected chi connectivity index (χ3v) is 3.54. The highest BCUT2D eigenvalue weighted by Gasteiger charge is 2.24. The van der Waals surface area contributed by atoms with Gasteiger partial charge >= 0.3 is 5.97 Å². The van der Waals surface area contributed by atoms with E-state index < -0.39 is 17.9 Å². The Labute approximate surface area is 136 Å². The van der Waals surface area contributed by atoms with Crippen LogP contribution in [0.3, 0.4) is 0 Å². The number of carbonyl (C=O) groups excluding carboxylic acids is 2. The molecule has 0 spiro atoms. The second-order valence-electron chi connectivity index (χ2n) is 5.80. The maximum atomic E-state index is 12.0. The van der Waals surface area contributed by atoms with Gasteiger partial charge in [-0.25, -0.2) is 4.79 Å². The Balaban J connectivity index is 2.59. The van der Waals surface area contributed by atoms with Crippen LogP contribution in [0.5, 0.6) is 0 Å². The summed E-state index contributed by atoms with van der Waals surface area (Å²) in [7, 11) is 0. The summed E-state index contributed by atoms with van der Waals surface area (Å²) in [6.45, 7) is 5.11. The van der Waals surface area contributed by atoms with Gasteiger partial charge in [0.15, 0.2) is 0 Å². The fourth-order valence-corrected chi connectivity index (χ4v) is 2.16. The first-order chi connectivity index (χ1) is 10.8. The maximum absolute atomic E-state index is 12.0. The van der Waals surface area contributed by atoms with Crippen molar-refractivity contribution in [1.82, 2.24) is 10.2 Å². The number of carboxylic acid groups (broad SMARTS) is 1. The molecule has 6 nitrogen and oxygen atoms in total. The topological polar surface area (TPSA) is 86.7 Å². The SMILES string of the molecule is CC(=O)N(CCc1ccccc1)CC(=O)N[C@@H](C(=O)O)C(C)C. The normalized spacial score (nSPS) is 11.8. The zero-order valence-corrected chi connectivity index (χ0v) is 13.8. The van der Waals surface area contributed by atoms with Crippen molar-refractivity contribution < 1.29 is 19.5 Å². The van der Waals surface area contributed by atoms with Gasteiger partial charge in [0.25, 0.3) is 0 Å². The number of amides is 2. The van der Waals surface area contributed by atoms with Gasteiger partial charge in [-0.1, -0.05) is 44.2 Å². The van der Waals surface area contributed by atoms with Crippen molar-refractivity contribution in [2.45, 2.75) is 33.2 Å². The van der Waals surface area contributed by atoms with Gasteiger partial charge in [-0.05, 0) is 17.9 Å². The van der Waals surface area contributed by atoms with Crippen LogP contribution < -0.4 is 5.32 Å². The first kappa shape index (κ1) is 18.7. The summed E-state index contributed by atoms with van der Waals surface area (Å²) in [6.07, 6.45) is 0.639. The predicted octanol–water partition coefficient (Wildman–Crippen LogP) is 1.30. The molecule has 23 heavy (non-hydrogen) atoms. The Kier molecular flexibility index (Phi) is 7.25. The number of aliphatic carboxylic acids is 1. The number of nitrogens with zero attached hydrogens (tertiary/aromatic N) is 1. The molecule has 2 amide bonds. The van der Waals surface area contributed by atoms with Crippen molar-refractivity contribution in [3.05, 3.63) is 35.9 Å². The Morgan fingerprint density at radius 2 is 1.78 bits per heavy atom. The van der Waals surface area contributed by atoms with Gasteiger partial charge in [-0.3, -0.25) is 9.59 Å². The van der Waals surface area contributed by atoms with E-state index in [2.05, 4.69) is 5.32 Å². The molecule has 1 aromatic carbocycles. The standard InChI is InChI=1S/C17H24N2O4/c1-12(2)16(17(22)23)18-15(21)11-19(13(3)20)10-9-14-7-5-4-6-8-14/h4-8,12,16H,9-11H2,1-3H3,(H,18,21)(H,22,23)/t16-/m1/s1. The van der Waals surface area contributed by atoms with E-state index in [1.807, 2.05) is 30.3 Å². The molecule has 0 bridgehead atoms. The molecule has 0 saturated heterocycles. The maximum Gasteiger partial charge on any atom is 0.326 e. The number of nitrogens with one attached hydrogen (secondary N) is 1. The van der Waals surface area contributed by atoms with E-state index in [9.17, 15) is 14.4 Å². The number of benzene rings is 1. The molecule has 0 aliphatic heterocycles. The fraction of sp³-hybridized carbons (Fsp3) is 0.471. The molecule has 0 aliphatic rings. The van der Waals surface area contributed by atoms with Crippen molar-refractivity contribution in [2.75, 3.05) is 13.1 Å². The van der Waals surface area contributed by atoms with Crippen LogP contribution in [0.15, 0.2) is 30.3 Å². The van der Waals surface area contributed by atoms with Crippen molar-refractivity contribution >= 4 is 17.8 Å². The molecule has 1 atom stereocenters. The molecule has 0 aromatic heterocycles. The summed E-state index contributed by atoms with van der Waals surface area (Å²) < 4.78 is 0. The van der Waals surface area contributed by atoms with Gasteiger partial charge in [0.1, 0.15) is 6.04 Å². The lowest BCUT2D eigenvalue weighted by Gasteiger charge is -2.23. The zero-order chi connectivity index (χ0) is 17.4. The van der Waals surface area contributed by atoms with Crippen molar-refractivity contribution in [3.63, 3.8) is 0 Å². The lowest BCUT2D eigenvalue weighted by molar-refractivity contribution is -0.143. The van der Waals surface area contributed by atoms with E-state index in [4.69, 9.17) is 5.11 Å². The van der Waals surface area contributed by atoms with Crippen LogP contribution in [0.2, 0.25) is 0 Å². The summed E-state index contributed by atoms with van der Waals surface area (Å²) >= 11 is 0. The van der Waals surface area contributed by atoms with Gasteiger partial charge in [0, 0.05) is 13.5 Å². The van der Waals surface area contributed by atoms with Gasteiger partial charge in [-0.15, -0.1) is 0 Å². The average molecular weight is 320 g/mol. The molecule has 0 radical (unpaired) electrons. The predicted molar refractivity (Wildman–Crippen MR) is 86.8 cm³/mol. The van der Waals surface area contributed by atoms with E-state index >= 15 is 0 Å². The molecule has 0 saturated carbocycles. The first-order valence-corrected chi connectivity index (χ1v) is 7.63. The monoisotopic (exact) mass is 320 g/mol. The molecular formula is C17H24N2O4. The van der Waals surface area contributed by atoms with Crippen LogP contribution >= 0.6 is 0 Å². The summed E-state index contributed by atoms with van der Waals surface area (Å²) in [4.78, 5) is 36.2. The lowest BCUT2D eigenvalue weighted by atomic mass is 10.0. The van der Waals surface area contributed by atoms with Gasteiger partial charge in [0.2, 0.25) is 11.8 Å². The van der Waals surface area contributed by atoms with E-state index in [-0.39, 0.29) is 18.4 Å². The minimum Gasteiger partial charge on any atom is -0.480 e. The Bertz CT molecular complexity index is 543. The molecule has 0 heterocycles. The second-order valence-corrected chi connectivity index (χ2v) is 5.80. The Morgan fingerprint density at radius 3 is 2.26 bits per heavy atom. The number of carboxylic acids is 1. The fourth-order valence-electron chi connectivity index (χ4n) is 2.16. The van der Waals surface area contributed by atoms with Crippen LogP contribution in [-0.2, 0) is 20.8 Å². The number of carbonyl (C=O) groups is 3. The summed E-state index contributed by atoms with van der Waals surface area (Å²) in [5, 5.41) is 11.6. The average Bonchev–Trinajstić information content (AvgIpc) is 2.49. The minimum absolute atomic E-state index is 0.140. The van der Waals surface area contributed by atoms with Crippen molar-refractivity contribution in [1.29, 1.82) is 0 Å². The van der Waals surface area contributed by atoms with E-state index in [0.29, 0.717) is 13.0 Å². The molecule has 0 unspecified atom stereocenters. The van der Waals surface area contributed by atoms with Crippen LogP contribution in [0, 0.1) is 5.92 Å². The number of hydrogen-bond acceptors (Lipinski definition) is 3. The highest BCUT2D eigenvalue weighted by Crippen LogP contribution is 2.04. The number of rotatable bonds is 8. The molecule has 0 fully saturated rings. The van der Waals surface area contributed by atoms with Crippen LogP contribution in [0.4, 0.5) is 0 Å². The third-order valence-electron chi connectivity index (χ3n) is 3.54. The molecule has 2 N–H and O–H groups in total. The zero-order valence-electron chi connectivity index (χ0n) is 13.8. The van der Waals surface area contributed by atoms with Crippen LogP contribution in [0.25, 0.3) is 0 Å². The molecule has 126 valence electrons. The number of hydrogen-bond donors (Lipinski definition) is 2. The minimum atomic E-state index is -1.08. The second kappa shape index (κ2) is 8.92. The van der Waals surface area contributed by atoms with Crippen molar-refractivity contribution in [3.8, 4) is 0 Å². The summed E-state index contributed by atoms with van der Waals surface area (Å²) in [6, 6.07) is 8.71. The summed E-state index contributed by atoms with van der Waals surface area (Å²) in [5.74, 6) is -1.99. The first-order valence-electron chi connectivity index (χ1n) is 7.63. The molecule has 6 heteroatoms. The quantitative estimate of drug-likeness (QED) is 0.756. The lowest BCUT2D eigenvalue weighted by Crippen LogP contribution is -2.49. The largest absolute Gasteiger partial charge is 0.480 e. The van der Waals surface area contributed by atoms with Crippen LogP contribution in [-0.4, -0.2) is 46.9 Å². The van der Waals surface area contributed by atoms with E-state index in [0.717, 1.165) is 5.56 Å². The Hall–Kier alpha value is -2.37. The van der Waals surface area contributed by atoms with Gasteiger partial charge in [-0.2, -0.15) is 0 Å². The van der Waals surface area contributed by atoms with Gasteiger partial charge < -0.3 is 15.3 Å². The molecule has 1 aromatic rings. The third kappa shape index (κ3) is 6.50. The Morgan fingerprint density at radius 1 is 1.17 bits per heavy atom. The highest BCUT2D eigenvalue weighted by atomic mass is 16.4. The molecule has 0 aliphatic carbocycles. The van der Waals surface area contributed by atoms with E-state index in [1.165, 1.54) is 11.8 Å². The van der Waals surface area contributed by atoms with E-state index in [1.54, 1.807) is 13.8 Å². The molecular weight excluding hydrogens is 296 g/mol. The van der Waals surface area contributed by atoms with Gasteiger partial charge in [0.05, 0.1) is 6.54 Å². The van der Waals surface area contributed by atoms with Crippen LogP contribution in [0.1, 0.15) is 26.3 Å². The summed E-state index contributed by atoms with van der Waals surface area (Å²) in [5.41, 5.74) is 1.07. The highest BCUT2D eigenvalue weighted by molar-refractivity contribution is 5.87. The smallest absolute Gasteiger partial charge is 0.326 e. The van der Waals surface area contributed by atoms with Crippen molar-refractivity contribution in [2.24, 2.45) is 5.92 Å². The molecule has 1 rings (SSSR count).